The van der Waals surface area contributed by atoms with Crippen LogP contribution in [0.4, 0.5) is 10.2 Å². The van der Waals surface area contributed by atoms with Gasteiger partial charge in [-0.05, 0) is 24.6 Å². The van der Waals surface area contributed by atoms with Gasteiger partial charge in [-0.25, -0.2) is 4.39 Å². The van der Waals surface area contributed by atoms with E-state index in [1.165, 1.54) is 29.2 Å². The molecule has 7 nitrogen and oxygen atoms in total. The number of hydrogen-bond acceptors (Lipinski definition) is 5. The Morgan fingerprint density at radius 2 is 2.08 bits per heavy atom. The molecule has 0 unspecified atom stereocenters. The van der Waals surface area contributed by atoms with E-state index in [0.717, 1.165) is 0 Å². The molecule has 24 heavy (non-hydrogen) atoms. The van der Waals surface area contributed by atoms with E-state index in [-0.39, 0.29) is 18.3 Å². The molecule has 8 heteroatoms. The van der Waals surface area contributed by atoms with E-state index < -0.39 is 23.9 Å². The summed E-state index contributed by atoms with van der Waals surface area (Å²) in [7, 11) is 1.58. The average molecular weight is 333 g/mol. The lowest BCUT2D eigenvalue weighted by Crippen LogP contribution is -2.51. The Hall–Kier alpha value is -2.74. The van der Waals surface area contributed by atoms with E-state index in [4.69, 9.17) is 9.26 Å². The van der Waals surface area contributed by atoms with Crippen molar-refractivity contribution in [2.45, 2.75) is 19.1 Å². The number of carbonyl (C=O) groups is 2. The maximum Gasteiger partial charge on any atom is 0.257 e. The van der Waals surface area contributed by atoms with Gasteiger partial charge >= 0.3 is 0 Å². The van der Waals surface area contributed by atoms with Gasteiger partial charge in [0.05, 0.1) is 6.04 Å². The molecule has 1 aliphatic rings. The van der Waals surface area contributed by atoms with Crippen molar-refractivity contribution in [1.82, 2.24) is 10.1 Å². The van der Waals surface area contributed by atoms with Crippen molar-refractivity contribution in [3.8, 4) is 0 Å². The highest BCUT2D eigenvalue weighted by atomic mass is 19.1. The average Bonchev–Trinajstić information content (AvgIpc) is 2.96. The number of amides is 2. The zero-order valence-electron chi connectivity index (χ0n) is 13.2. The van der Waals surface area contributed by atoms with E-state index >= 15 is 0 Å². The molecule has 1 N–H and O–H groups in total. The Morgan fingerprint density at radius 1 is 1.38 bits per heavy atom. The highest BCUT2D eigenvalue weighted by Crippen LogP contribution is 2.30. The van der Waals surface area contributed by atoms with Gasteiger partial charge in [-0.2, -0.15) is 0 Å². The van der Waals surface area contributed by atoms with Gasteiger partial charge in [-0.15, -0.1) is 0 Å². The summed E-state index contributed by atoms with van der Waals surface area (Å²) in [4.78, 5) is 25.9. The third-order valence-corrected chi connectivity index (χ3v) is 3.83. The molecule has 0 bridgehead atoms. The quantitative estimate of drug-likeness (QED) is 0.923. The summed E-state index contributed by atoms with van der Waals surface area (Å²) in [5, 5.41) is 6.30. The first kappa shape index (κ1) is 16.1. The van der Waals surface area contributed by atoms with Gasteiger partial charge in [-0.3, -0.25) is 9.59 Å². The maximum absolute atomic E-state index is 13.2. The molecule has 0 spiro atoms. The molecule has 1 fully saturated rings. The zero-order chi connectivity index (χ0) is 17.3. The van der Waals surface area contributed by atoms with E-state index in [2.05, 4.69) is 10.5 Å². The van der Waals surface area contributed by atoms with Crippen LogP contribution < -0.4 is 5.32 Å². The standard InChI is InChI=1S/C16H16FN3O4/c1-9-7-12(19-24-9)18-16(22)15-14(20(2)13(21)8-23-15)10-3-5-11(17)6-4-10/h3-7,14-15H,8H2,1-2H3,(H,18,19,22)/t14-,15+/m1/s1. The monoisotopic (exact) mass is 333 g/mol. The van der Waals surface area contributed by atoms with Gasteiger partial charge < -0.3 is 19.5 Å². The van der Waals surface area contributed by atoms with Crippen LogP contribution in [0.3, 0.4) is 0 Å². The molecule has 3 rings (SSSR count). The van der Waals surface area contributed by atoms with Crippen LogP contribution in [0.15, 0.2) is 34.9 Å². The number of rotatable bonds is 3. The minimum absolute atomic E-state index is 0.204. The molecule has 0 aliphatic carbocycles. The lowest BCUT2D eigenvalue weighted by atomic mass is 9.97. The molecule has 2 atom stereocenters. The summed E-state index contributed by atoms with van der Waals surface area (Å²) in [6.45, 7) is 1.50. The molecule has 1 aliphatic heterocycles. The number of morpholine rings is 1. The van der Waals surface area contributed by atoms with Crippen LogP contribution in [0.25, 0.3) is 0 Å². The predicted octanol–water partition coefficient (Wildman–Crippen LogP) is 1.66. The molecule has 2 aromatic rings. The highest BCUT2D eigenvalue weighted by molar-refractivity contribution is 5.95. The minimum Gasteiger partial charge on any atom is -0.360 e. The number of likely N-dealkylation sites (N-methyl/N-ethyl adjacent to an activating group) is 1. The SMILES string of the molecule is Cc1cc(NC(=O)[C@H]2OCC(=O)N(C)[C@@H]2c2ccc(F)cc2)no1. The highest BCUT2D eigenvalue weighted by Gasteiger charge is 2.40. The number of nitrogens with zero attached hydrogens (tertiary/aromatic N) is 2. The van der Waals surface area contributed by atoms with Crippen molar-refractivity contribution in [3.05, 3.63) is 47.5 Å². The second-order valence-corrected chi connectivity index (χ2v) is 5.54. The fourth-order valence-corrected chi connectivity index (χ4v) is 2.61. The Bertz CT molecular complexity index is 759. The lowest BCUT2D eigenvalue weighted by molar-refractivity contribution is -0.160. The Kier molecular flexibility index (Phi) is 4.30. The van der Waals surface area contributed by atoms with Crippen LogP contribution in [0, 0.1) is 12.7 Å². The smallest absolute Gasteiger partial charge is 0.257 e. The normalized spacial score (nSPS) is 21.0. The summed E-state index contributed by atoms with van der Waals surface area (Å²) in [5.41, 5.74) is 0.600. The van der Waals surface area contributed by atoms with E-state index in [1.54, 1.807) is 20.0 Å². The molecule has 1 aromatic carbocycles. The first-order valence-corrected chi connectivity index (χ1v) is 7.32. The maximum atomic E-state index is 13.2. The largest absolute Gasteiger partial charge is 0.360 e. The third-order valence-electron chi connectivity index (χ3n) is 3.83. The number of aryl methyl sites for hydroxylation is 1. The van der Waals surface area contributed by atoms with Crippen LogP contribution in [-0.4, -0.2) is 41.6 Å². The van der Waals surface area contributed by atoms with Crippen molar-refractivity contribution in [3.63, 3.8) is 0 Å². The first-order chi connectivity index (χ1) is 11.5. The fourth-order valence-electron chi connectivity index (χ4n) is 2.61. The van der Waals surface area contributed by atoms with E-state index in [1.807, 2.05) is 0 Å². The molecule has 1 aromatic heterocycles. The van der Waals surface area contributed by atoms with Gasteiger partial charge in [0.15, 0.2) is 11.9 Å². The molecule has 2 heterocycles. The number of halogens is 1. The van der Waals surface area contributed by atoms with Gasteiger partial charge in [-0.1, -0.05) is 17.3 Å². The summed E-state index contributed by atoms with van der Waals surface area (Å²) in [6, 6.07) is 6.51. The second kappa shape index (κ2) is 6.40. The molecular formula is C16H16FN3O4. The van der Waals surface area contributed by atoms with Gasteiger partial charge in [0.1, 0.15) is 18.2 Å². The van der Waals surface area contributed by atoms with Gasteiger partial charge in [0, 0.05) is 13.1 Å². The zero-order valence-corrected chi connectivity index (χ0v) is 13.2. The number of ether oxygens (including phenoxy) is 1. The second-order valence-electron chi connectivity index (χ2n) is 5.54. The van der Waals surface area contributed by atoms with E-state index in [0.29, 0.717) is 11.3 Å². The summed E-state index contributed by atoms with van der Waals surface area (Å²) >= 11 is 0. The first-order valence-electron chi connectivity index (χ1n) is 7.32. The Labute approximate surface area is 137 Å². The van der Waals surface area contributed by atoms with Crippen LogP contribution in [0.1, 0.15) is 17.4 Å². The predicted molar refractivity (Wildman–Crippen MR) is 81.5 cm³/mol. The Morgan fingerprint density at radius 3 is 2.71 bits per heavy atom. The molecule has 126 valence electrons. The summed E-state index contributed by atoms with van der Waals surface area (Å²) in [6.07, 6.45) is -0.949. The fraction of sp³-hybridized carbons (Fsp3) is 0.312. The number of carbonyl (C=O) groups excluding carboxylic acids is 2. The van der Waals surface area contributed by atoms with Crippen molar-refractivity contribution in [2.24, 2.45) is 0 Å². The van der Waals surface area contributed by atoms with Crippen LogP contribution in [0.2, 0.25) is 0 Å². The number of nitrogens with one attached hydrogen (secondary N) is 1. The molecular weight excluding hydrogens is 317 g/mol. The number of aromatic nitrogens is 1. The topological polar surface area (TPSA) is 84.7 Å². The number of benzene rings is 1. The lowest BCUT2D eigenvalue weighted by Gasteiger charge is -2.38. The van der Waals surface area contributed by atoms with Gasteiger partial charge in [0.25, 0.3) is 5.91 Å². The van der Waals surface area contributed by atoms with E-state index in [9.17, 15) is 14.0 Å². The number of anilines is 1. The van der Waals surface area contributed by atoms with Crippen molar-refractivity contribution in [1.29, 1.82) is 0 Å². The molecule has 1 saturated heterocycles. The summed E-state index contributed by atoms with van der Waals surface area (Å²) < 4.78 is 23.5. The third kappa shape index (κ3) is 3.13. The van der Waals surface area contributed by atoms with Crippen molar-refractivity contribution >= 4 is 17.6 Å². The number of hydrogen-bond donors (Lipinski definition) is 1. The van der Waals surface area contributed by atoms with Gasteiger partial charge in [0.2, 0.25) is 5.91 Å². The molecule has 0 saturated carbocycles. The Balaban J connectivity index is 1.86. The molecule has 2 amide bonds. The summed E-state index contributed by atoms with van der Waals surface area (Å²) in [5.74, 6) is -0.304. The van der Waals surface area contributed by atoms with Crippen molar-refractivity contribution in [2.75, 3.05) is 19.0 Å². The van der Waals surface area contributed by atoms with Crippen LogP contribution in [0.5, 0.6) is 0 Å². The van der Waals surface area contributed by atoms with Crippen LogP contribution >= 0.6 is 0 Å². The minimum atomic E-state index is -0.949. The molecule has 0 radical (unpaired) electrons. The van der Waals surface area contributed by atoms with Crippen LogP contribution in [-0.2, 0) is 14.3 Å². The van der Waals surface area contributed by atoms with Crippen molar-refractivity contribution < 1.29 is 23.2 Å².